The Kier molecular flexibility index (Phi) is 9.71. The second-order valence-electron chi connectivity index (χ2n) is 8.96. The van der Waals surface area contributed by atoms with Crippen LogP contribution in [0, 0.1) is 0 Å². The van der Waals surface area contributed by atoms with Crippen LogP contribution >= 0.6 is 0 Å². The van der Waals surface area contributed by atoms with Gasteiger partial charge in [0.05, 0.1) is 12.2 Å². The molecule has 1 aliphatic rings. The summed E-state index contributed by atoms with van der Waals surface area (Å²) in [5.74, 6) is -1.56. The quantitative estimate of drug-likeness (QED) is 0.206. The molecular weight excluding hydrogens is 486 g/mol. The van der Waals surface area contributed by atoms with Gasteiger partial charge >= 0.3 is 0 Å². The van der Waals surface area contributed by atoms with E-state index in [0.717, 1.165) is 11.6 Å². The van der Waals surface area contributed by atoms with E-state index in [1.807, 2.05) is 18.7 Å². The number of phenols is 3. The molecule has 1 heterocycles. The predicted molar refractivity (Wildman–Crippen MR) is 132 cm³/mol. The van der Waals surface area contributed by atoms with E-state index in [9.17, 15) is 40.5 Å². The Labute approximate surface area is 214 Å². The molecule has 37 heavy (non-hydrogen) atoms. The lowest BCUT2D eigenvalue weighted by molar-refractivity contribution is -0.277. The number of Topliss-reactive ketones (excluding diaryl/α,β-unsaturated/α-hetero) is 1. The summed E-state index contributed by atoms with van der Waals surface area (Å²) in [7, 11) is 0. The Morgan fingerprint density at radius 3 is 2.24 bits per heavy atom. The number of hydrogen-bond donors (Lipinski definition) is 7. The van der Waals surface area contributed by atoms with Gasteiger partial charge in [-0.15, -0.1) is 0 Å². The van der Waals surface area contributed by atoms with E-state index in [0.29, 0.717) is 13.1 Å². The average Bonchev–Trinajstić information content (AvgIpc) is 2.88. The van der Waals surface area contributed by atoms with Crippen molar-refractivity contribution in [2.24, 2.45) is 0 Å². The van der Waals surface area contributed by atoms with Crippen molar-refractivity contribution in [2.45, 2.75) is 63.9 Å². The third-order valence-corrected chi connectivity index (χ3v) is 6.57. The van der Waals surface area contributed by atoms with Crippen molar-refractivity contribution in [1.29, 1.82) is 0 Å². The largest absolute Gasteiger partial charge is 0.508 e. The van der Waals surface area contributed by atoms with E-state index in [-0.39, 0.29) is 47.8 Å². The zero-order chi connectivity index (χ0) is 27.3. The van der Waals surface area contributed by atoms with Gasteiger partial charge in [0.1, 0.15) is 53.0 Å². The Hall–Kier alpha value is -2.93. The first-order valence-electron chi connectivity index (χ1n) is 12.2. The molecule has 3 rings (SSSR count). The maximum Gasteiger partial charge on any atom is 0.229 e. The number of carbonyl (C=O) groups is 1. The molecule has 0 aromatic heterocycles. The molecule has 1 unspecified atom stereocenters. The van der Waals surface area contributed by atoms with Crippen LogP contribution in [0.25, 0.3) is 0 Å². The van der Waals surface area contributed by atoms with Gasteiger partial charge in [-0.3, -0.25) is 9.69 Å². The fourth-order valence-corrected chi connectivity index (χ4v) is 4.20. The van der Waals surface area contributed by atoms with Crippen LogP contribution in [0.3, 0.4) is 0 Å². The van der Waals surface area contributed by atoms with Crippen LogP contribution in [-0.2, 0) is 17.7 Å². The van der Waals surface area contributed by atoms with Crippen LogP contribution < -0.4 is 4.74 Å². The molecule has 11 heteroatoms. The fourth-order valence-electron chi connectivity index (χ4n) is 4.20. The second-order valence-corrected chi connectivity index (χ2v) is 8.96. The van der Waals surface area contributed by atoms with Gasteiger partial charge in [0.15, 0.2) is 5.78 Å². The molecule has 11 nitrogen and oxygen atoms in total. The lowest BCUT2D eigenvalue weighted by Crippen LogP contribution is -2.60. The van der Waals surface area contributed by atoms with Crippen molar-refractivity contribution in [3.8, 4) is 23.0 Å². The van der Waals surface area contributed by atoms with Crippen molar-refractivity contribution < 1.29 is 50.0 Å². The molecule has 7 N–H and O–H groups in total. The monoisotopic (exact) mass is 521 g/mol. The van der Waals surface area contributed by atoms with Crippen molar-refractivity contribution >= 4 is 5.78 Å². The summed E-state index contributed by atoms with van der Waals surface area (Å²) in [6.45, 7) is 4.56. The number of aliphatic hydroxyl groups is 4. The molecule has 204 valence electrons. The van der Waals surface area contributed by atoms with Crippen molar-refractivity contribution in [2.75, 3.05) is 19.7 Å². The van der Waals surface area contributed by atoms with Crippen LogP contribution in [0.15, 0.2) is 30.3 Å². The number of ketones is 1. The molecule has 0 radical (unpaired) electrons. The van der Waals surface area contributed by atoms with Gasteiger partial charge in [-0.05, 0) is 37.2 Å². The van der Waals surface area contributed by atoms with E-state index in [1.54, 1.807) is 12.1 Å². The van der Waals surface area contributed by atoms with E-state index >= 15 is 0 Å². The topological polar surface area (TPSA) is 180 Å². The zero-order valence-corrected chi connectivity index (χ0v) is 20.8. The molecule has 0 amide bonds. The van der Waals surface area contributed by atoms with E-state index in [1.165, 1.54) is 12.1 Å². The zero-order valence-electron chi connectivity index (χ0n) is 20.8. The van der Waals surface area contributed by atoms with Gasteiger partial charge in [-0.2, -0.15) is 0 Å². The van der Waals surface area contributed by atoms with E-state index in [2.05, 4.69) is 0 Å². The van der Waals surface area contributed by atoms with Crippen LogP contribution in [0.5, 0.6) is 23.0 Å². The minimum Gasteiger partial charge on any atom is -0.508 e. The van der Waals surface area contributed by atoms with Crippen molar-refractivity contribution in [3.63, 3.8) is 0 Å². The van der Waals surface area contributed by atoms with Crippen LogP contribution in [0.4, 0.5) is 0 Å². The number of aliphatic hydroxyl groups excluding tert-OH is 4. The molecule has 0 bridgehead atoms. The first kappa shape index (κ1) is 28.6. The van der Waals surface area contributed by atoms with Gasteiger partial charge in [-0.25, -0.2) is 0 Å². The smallest absolute Gasteiger partial charge is 0.229 e. The van der Waals surface area contributed by atoms with Crippen molar-refractivity contribution in [3.05, 3.63) is 47.0 Å². The Morgan fingerprint density at radius 2 is 1.65 bits per heavy atom. The number of aromatic hydroxyl groups is 3. The highest BCUT2D eigenvalue weighted by molar-refractivity contribution is 6.02. The molecule has 1 fully saturated rings. The number of rotatable bonds is 11. The summed E-state index contributed by atoms with van der Waals surface area (Å²) in [5, 5.41) is 71.3. The summed E-state index contributed by atoms with van der Waals surface area (Å²) >= 11 is 0. The molecule has 2 aromatic carbocycles. The lowest BCUT2D eigenvalue weighted by Gasteiger charge is -2.39. The number of hydrogen-bond acceptors (Lipinski definition) is 11. The van der Waals surface area contributed by atoms with E-state index in [4.69, 9.17) is 9.47 Å². The van der Waals surface area contributed by atoms with Gasteiger partial charge in [0.25, 0.3) is 0 Å². The highest BCUT2D eigenvalue weighted by Gasteiger charge is 2.45. The second kappa shape index (κ2) is 12.5. The fraction of sp³-hybridized carbons (Fsp3) is 0.500. The molecular formula is C26H35NO10. The lowest BCUT2D eigenvalue weighted by atomic mass is 9.97. The Morgan fingerprint density at radius 1 is 1.00 bits per heavy atom. The summed E-state index contributed by atoms with van der Waals surface area (Å²) in [4.78, 5) is 15.3. The van der Waals surface area contributed by atoms with Crippen molar-refractivity contribution in [1.82, 2.24) is 4.90 Å². The number of ether oxygens (including phenoxy) is 2. The first-order valence-corrected chi connectivity index (χ1v) is 12.2. The van der Waals surface area contributed by atoms with E-state index < -0.39 is 48.8 Å². The highest BCUT2D eigenvalue weighted by Crippen LogP contribution is 2.41. The number of benzene rings is 2. The predicted octanol–water partition coefficient (Wildman–Crippen LogP) is 0.639. The Balaban J connectivity index is 1.97. The summed E-state index contributed by atoms with van der Waals surface area (Å²) in [6.07, 6.45) is -7.72. The molecule has 1 saturated heterocycles. The molecule has 0 aliphatic carbocycles. The van der Waals surface area contributed by atoms with Crippen LogP contribution in [0.2, 0.25) is 0 Å². The summed E-state index contributed by atoms with van der Waals surface area (Å²) < 4.78 is 11.1. The average molecular weight is 522 g/mol. The van der Waals surface area contributed by atoms with Gasteiger partial charge in [-0.1, -0.05) is 26.0 Å². The molecule has 5 atom stereocenters. The molecule has 1 aliphatic heterocycles. The third kappa shape index (κ3) is 6.50. The number of nitrogens with zero attached hydrogens (tertiary/aromatic N) is 1. The molecule has 2 aromatic rings. The maximum atomic E-state index is 13.4. The van der Waals surface area contributed by atoms with Gasteiger partial charge in [0.2, 0.25) is 6.29 Å². The van der Waals surface area contributed by atoms with Gasteiger partial charge in [0, 0.05) is 19.0 Å². The standard InChI is InChI=1S/C26H35NO10/c1-3-27(4-2)12-16-18(31)11-19(36-26-25(35)24(34)23(33)20(13-28)37-26)21(22(16)32)17(30)10-7-14-5-8-15(29)9-6-14/h5-6,8-9,11,20,23-26,28-29,31-35H,3-4,7,10,12-13H2,1-2H3/t20?,23-,24+,25-,26-/m1/s1. The normalized spacial score (nSPS) is 23.8. The van der Waals surface area contributed by atoms with Gasteiger partial charge < -0.3 is 45.2 Å². The number of aryl methyl sites for hydroxylation is 1. The minimum absolute atomic E-state index is 0.0567. The minimum atomic E-state index is -1.75. The molecule has 0 saturated carbocycles. The summed E-state index contributed by atoms with van der Waals surface area (Å²) in [6, 6.07) is 7.45. The maximum absolute atomic E-state index is 13.4. The van der Waals surface area contributed by atoms with Crippen LogP contribution in [-0.4, -0.2) is 96.8 Å². The third-order valence-electron chi connectivity index (χ3n) is 6.57. The Bertz CT molecular complexity index is 1050. The molecule has 0 spiro atoms. The van der Waals surface area contributed by atoms with Crippen LogP contribution in [0.1, 0.15) is 41.8 Å². The number of carbonyl (C=O) groups excluding carboxylic acids is 1. The first-order chi connectivity index (χ1) is 17.6. The number of phenolic OH excluding ortho intramolecular Hbond substituents is 3. The highest BCUT2D eigenvalue weighted by atomic mass is 16.7. The SMILES string of the molecule is CCN(CC)Cc1c(O)cc(O[C@@H]2OC(CO)[C@@H](O)[C@H](O)[C@H]2O)c(C(=O)CCc2ccc(O)cc2)c1O. The summed E-state index contributed by atoms with van der Waals surface area (Å²) in [5.41, 5.74) is 0.651.